The second-order valence-corrected chi connectivity index (χ2v) is 14.1. The summed E-state index contributed by atoms with van der Waals surface area (Å²) in [6.07, 6.45) is 55.4. The molecule has 0 radical (unpaired) electrons. The van der Waals surface area contributed by atoms with E-state index in [0.29, 0.717) is 19.3 Å². The van der Waals surface area contributed by atoms with Gasteiger partial charge in [-0.3, -0.25) is 14.1 Å². The molecule has 0 saturated heterocycles. The molecule has 0 bridgehead atoms. The normalized spacial score (nSPS) is 13.6. The van der Waals surface area contributed by atoms with Gasteiger partial charge in [0, 0.05) is 12.8 Å². The van der Waals surface area contributed by atoms with E-state index in [1.54, 1.807) is 0 Å². The molecule has 0 aromatic heterocycles. The van der Waals surface area contributed by atoms with Crippen LogP contribution in [0.2, 0.25) is 0 Å². The highest BCUT2D eigenvalue weighted by molar-refractivity contribution is 7.46. The Morgan fingerprint density at radius 1 is 0.500 bits per heavy atom. The fraction of sp³-hybridized carbons (Fsp3) is 0.556. The number of allylic oxidation sites excluding steroid dienone is 18. The SMILES string of the molecule is CC/C=C\C/C=C\C/C=C\C/C=C\C/C=C\C/C=C\CCC(=O)OC[C@H](COP(=O)(O)O)OC(=O)CCC/C=C\C/C=C\C/C=C\CCCCCCCC. The first-order chi connectivity index (χ1) is 26.3. The molecule has 0 rings (SSSR count). The minimum Gasteiger partial charge on any atom is -0.462 e. The number of carbonyl (C=O) groups excluding carboxylic acids is 2. The van der Waals surface area contributed by atoms with Crippen LogP contribution in [-0.4, -0.2) is 41.0 Å². The van der Waals surface area contributed by atoms with Gasteiger partial charge in [0.25, 0.3) is 0 Å². The molecule has 9 heteroatoms. The van der Waals surface area contributed by atoms with Crippen molar-refractivity contribution in [2.75, 3.05) is 13.2 Å². The van der Waals surface area contributed by atoms with E-state index in [9.17, 15) is 14.2 Å². The van der Waals surface area contributed by atoms with Crippen molar-refractivity contribution in [1.29, 1.82) is 0 Å². The predicted molar refractivity (Wildman–Crippen MR) is 225 cm³/mol. The van der Waals surface area contributed by atoms with Gasteiger partial charge in [0.2, 0.25) is 0 Å². The molecule has 0 heterocycles. The minimum atomic E-state index is -4.79. The zero-order valence-corrected chi connectivity index (χ0v) is 34.2. The highest BCUT2D eigenvalue weighted by atomic mass is 31.2. The van der Waals surface area contributed by atoms with Crippen molar-refractivity contribution in [3.8, 4) is 0 Å². The van der Waals surface area contributed by atoms with Crippen LogP contribution in [0.1, 0.15) is 142 Å². The number of hydrogen-bond donors (Lipinski definition) is 2. The molecule has 0 amide bonds. The molecule has 0 aromatic rings. The third-order valence-corrected chi connectivity index (χ3v) is 8.27. The van der Waals surface area contributed by atoms with E-state index in [1.165, 1.54) is 38.5 Å². The Bertz CT molecular complexity index is 1230. The molecule has 0 aliphatic rings. The lowest BCUT2D eigenvalue weighted by Crippen LogP contribution is -2.29. The van der Waals surface area contributed by atoms with Crippen molar-refractivity contribution in [3.63, 3.8) is 0 Å². The van der Waals surface area contributed by atoms with Crippen molar-refractivity contribution in [1.82, 2.24) is 0 Å². The van der Waals surface area contributed by atoms with E-state index in [0.717, 1.165) is 57.8 Å². The summed E-state index contributed by atoms with van der Waals surface area (Å²) < 4.78 is 26.2. The van der Waals surface area contributed by atoms with Crippen molar-refractivity contribution in [2.45, 2.75) is 148 Å². The smallest absolute Gasteiger partial charge is 0.462 e. The number of rotatable bonds is 35. The highest BCUT2D eigenvalue weighted by Gasteiger charge is 2.22. The Balaban J connectivity index is 4.18. The summed E-state index contributed by atoms with van der Waals surface area (Å²) in [6, 6.07) is 0. The van der Waals surface area contributed by atoms with Gasteiger partial charge in [0.15, 0.2) is 6.10 Å². The molecule has 0 unspecified atom stereocenters. The van der Waals surface area contributed by atoms with Gasteiger partial charge in [-0.1, -0.05) is 155 Å². The fourth-order valence-corrected chi connectivity index (χ4v) is 5.19. The third-order valence-electron chi connectivity index (χ3n) is 7.79. The quantitative estimate of drug-likeness (QED) is 0.0283. The number of hydrogen-bond acceptors (Lipinski definition) is 6. The van der Waals surface area contributed by atoms with Crippen molar-refractivity contribution >= 4 is 19.8 Å². The second-order valence-electron chi connectivity index (χ2n) is 12.9. The molecule has 0 saturated carbocycles. The van der Waals surface area contributed by atoms with Crippen molar-refractivity contribution in [3.05, 3.63) is 109 Å². The summed E-state index contributed by atoms with van der Waals surface area (Å²) in [5.41, 5.74) is 0. The zero-order valence-electron chi connectivity index (χ0n) is 33.3. The lowest BCUT2D eigenvalue weighted by atomic mass is 10.1. The third kappa shape index (κ3) is 41.5. The largest absolute Gasteiger partial charge is 0.469 e. The molecular formula is C45H71O8P. The number of phosphoric ester groups is 1. The summed E-state index contributed by atoms with van der Waals surface area (Å²) in [5.74, 6) is -1.06. The summed E-state index contributed by atoms with van der Waals surface area (Å²) in [5, 5.41) is 0. The van der Waals surface area contributed by atoms with Crippen LogP contribution in [0.5, 0.6) is 0 Å². The van der Waals surface area contributed by atoms with E-state index < -0.39 is 32.5 Å². The van der Waals surface area contributed by atoms with Crippen LogP contribution in [0, 0.1) is 0 Å². The van der Waals surface area contributed by atoms with E-state index in [4.69, 9.17) is 19.3 Å². The van der Waals surface area contributed by atoms with Crippen LogP contribution in [0.4, 0.5) is 0 Å². The maximum atomic E-state index is 12.4. The highest BCUT2D eigenvalue weighted by Crippen LogP contribution is 2.35. The van der Waals surface area contributed by atoms with E-state index in [1.807, 2.05) is 18.2 Å². The second kappa shape index (κ2) is 39.4. The molecular weight excluding hydrogens is 699 g/mol. The van der Waals surface area contributed by atoms with Gasteiger partial charge in [-0.15, -0.1) is 0 Å². The van der Waals surface area contributed by atoms with Crippen LogP contribution in [0.3, 0.4) is 0 Å². The Labute approximate surface area is 327 Å². The van der Waals surface area contributed by atoms with Crippen LogP contribution >= 0.6 is 7.82 Å². The van der Waals surface area contributed by atoms with Gasteiger partial charge in [-0.05, 0) is 83.5 Å². The van der Waals surface area contributed by atoms with Crippen LogP contribution < -0.4 is 0 Å². The average Bonchev–Trinajstić information content (AvgIpc) is 3.14. The molecule has 0 aliphatic heterocycles. The minimum absolute atomic E-state index is 0.118. The Kier molecular flexibility index (Phi) is 37.0. The van der Waals surface area contributed by atoms with Gasteiger partial charge >= 0.3 is 19.8 Å². The summed E-state index contributed by atoms with van der Waals surface area (Å²) in [7, 11) is -4.79. The predicted octanol–water partition coefficient (Wildman–Crippen LogP) is 12.4. The van der Waals surface area contributed by atoms with Crippen LogP contribution in [0.15, 0.2) is 109 Å². The standard InChI is InChI=1S/C45H71O8P/c1-3-5-7-9-11-13-15-17-19-21-22-24-25-27-29-31-33-35-37-39-44(46)51-41-43(42-52-54(48,49)50)53-45(47)40-38-36-34-32-30-28-26-23-20-18-16-14-12-10-8-6-4-2/h5,7,11,13,17-20,22,24,26-29,32-35,43H,3-4,6,8-10,12,14-16,21,23,25,30-31,36-42H2,1-2H3,(H2,48,49,50)/b7-5-,13-11-,19-17-,20-18-,24-22-,28-26-,29-27-,34-32-,35-33-/t43-/m1/s1. The van der Waals surface area contributed by atoms with E-state index in [-0.39, 0.29) is 19.4 Å². The Morgan fingerprint density at radius 3 is 1.41 bits per heavy atom. The van der Waals surface area contributed by atoms with Crippen molar-refractivity contribution in [2.24, 2.45) is 0 Å². The van der Waals surface area contributed by atoms with Gasteiger partial charge in [0.05, 0.1) is 6.61 Å². The summed E-state index contributed by atoms with van der Waals surface area (Å²) in [4.78, 5) is 42.7. The van der Waals surface area contributed by atoms with E-state index in [2.05, 4.69) is 110 Å². The summed E-state index contributed by atoms with van der Waals surface area (Å²) >= 11 is 0. The number of esters is 2. The number of phosphoric acid groups is 1. The lowest BCUT2D eigenvalue weighted by molar-refractivity contribution is -0.161. The lowest BCUT2D eigenvalue weighted by Gasteiger charge is -2.18. The monoisotopic (exact) mass is 770 g/mol. The van der Waals surface area contributed by atoms with Crippen LogP contribution in [0.25, 0.3) is 0 Å². The van der Waals surface area contributed by atoms with Crippen molar-refractivity contribution < 1.29 is 37.9 Å². The molecule has 54 heavy (non-hydrogen) atoms. The maximum Gasteiger partial charge on any atom is 0.469 e. The van der Waals surface area contributed by atoms with Gasteiger partial charge in [0.1, 0.15) is 6.61 Å². The topological polar surface area (TPSA) is 119 Å². The molecule has 0 aliphatic carbocycles. The van der Waals surface area contributed by atoms with Gasteiger partial charge in [-0.2, -0.15) is 0 Å². The summed E-state index contributed by atoms with van der Waals surface area (Å²) in [6.45, 7) is 3.44. The first kappa shape index (κ1) is 50.7. The molecule has 304 valence electrons. The number of unbranched alkanes of at least 4 members (excludes halogenated alkanes) is 7. The molecule has 0 spiro atoms. The molecule has 1 atom stereocenters. The van der Waals surface area contributed by atoms with Gasteiger partial charge in [-0.25, -0.2) is 4.57 Å². The molecule has 0 fully saturated rings. The molecule has 0 aromatic carbocycles. The Morgan fingerprint density at radius 2 is 0.926 bits per heavy atom. The number of carbonyl (C=O) groups is 2. The number of ether oxygens (including phenoxy) is 2. The molecule has 8 nitrogen and oxygen atoms in total. The Hall–Kier alpha value is -3.29. The first-order valence-corrected chi connectivity index (χ1v) is 21.7. The fourth-order valence-electron chi connectivity index (χ4n) is 4.82. The maximum absolute atomic E-state index is 12.4. The first-order valence-electron chi connectivity index (χ1n) is 20.2. The average molecular weight is 771 g/mol. The molecule has 2 N–H and O–H groups in total. The van der Waals surface area contributed by atoms with E-state index >= 15 is 0 Å². The van der Waals surface area contributed by atoms with Crippen LogP contribution in [-0.2, 0) is 28.2 Å². The zero-order chi connectivity index (χ0) is 39.6. The van der Waals surface area contributed by atoms with Gasteiger partial charge < -0.3 is 19.3 Å².